The summed E-state index contributed by atoms with van der Waals surface area (Å²) in [7, 11) is 0. The first-order valence-electron chi connectivity index (χ1n) is 6.54. The van der Waals surface area contributed by atoms with E-state index in [1.54, 1.807) is 6.92 Å². The van der Waals surface area contributed by atoms with Crippen LogP contribution in [0.15, 0.2) is 18.2 Å². The van der Waals surface area contributed by atoms with E-state index in [9.17, 15) is 18.4 Å². The Balaban J connectivity index is 1.99. The number of likely N-dealkylation sites (N-methyl/N-ethyl adjacent to an activating group) is 1. The number of hydrogen-bond acceptors (Lipinski definition) is 2. The minimum Gasteiger partial charge on any atom is -0.350 e. The number of amides is 2. The van der Waals surface area contributed by atoms with Gasteiger partial charge in [0.15, 0.2) is 11.6 Å². The molecule has 1 fully saturated rings. The van der Waals surface area contributed by atoms with Crippen LogP contribution in [-0.2, 0) is 16.1 Å². The maximum Gasteiger partial charge on any atom is 0.243 e. The lowest BCUT2D eigenvalue weighted by Gasteiger charge is -2.22. The van der Waals surface area contributed by atoms with Gasteiger partial charge >= 0.3 is 0 Å². The van der Waals surface area contributed by atoms with Gasteiger partial charge in [-0.15, -0.1) is 0 Å². The Labute approximate surface area is 115 Å². The molecule has 1 aliphatic rings. The average molecular weight is 282 g/mol. The number of benzene rings is 1. The van der Waals surface area contributed by atoms with Crippen molar-refractivity contribution in [1.29, 1.82) is 0 Å². The van der Waals surface area contributed by atoms with E-state index in [2.05, 4.69) is 5.32 Å². The molecule has 4 nitrogen and oxygen atoms in total. The summed E-state index contributed by atoms with van der Waals surface area (Å²) in [6.45, 7) is 2.17. The molecule has 1 aromatic carbocycles. The second-order valence-corrected chi connectivity index (χ2v) is 4.66. The molecule has 1 aliphatic heterocycles. The first-order valence-corrected chi connectivity index (χ1v) is 6.54. The Morgan fingerprint density at radius 3 is 2.90 bits per heavy atom. The van der Waals surface area contributed by atoms with Crippen LogP contribution in [0.2, 0.25) is 0 Å². The third kappa shape index (κ3) is 2.79. The molecule has 20 heavy (non-hydrogen) atoms. The first-order chi connectivity index (χ1) is 9.54. The standard InChI is InChI=1S/C14H16F2N2O2/c1-2-18-11(6-7-12(18)19)14(20)17-8-9-4-3-5-10(15)13(9)16/h3-5,11H,2,6-8H2,1H3,(H,17,20)/t11-/m0/s1. The number of nitrogens with one attached hydrogen (secondary N) is 1. The van der Waals surface area contributed by atoms with Gasteiger partial charge < -0.3 is 10.2 Å². The normalized spacial score (nSPS) is 18.4. The predicted molar refractivity (Wildman–Crippen MR) is 68.6 cm³/mol. The molecule has 2 rings (SSSR count). The number of halogens is 2. The highest BCUT2D eigenvalue weighted by molar-refractivity contribution is 5.90. The molecule has 2 amide bonds. The van der Waals surface area contributed by atoms with Crippen molar-refractivity contribution < 1.29 is 18.4 Å². The van der Waals surface area contributed by atoms with Crippen LogP contribution in [0, 0.1) is 11.6 Å². The Kier molecular flexibility index (Phi) is 4.32. The van der Waals surface area contributed by atoms with Gasteiger partial charge in [0.1, 0.15) is 6.04 Å². The fourth-order valence-electron chi connectivity index (χ4n) is 2.39. The Bertz CT molecular complexity index is 534. The van der Waals surface area contributed by atoms with Crippen LogP contribution in [0.25, 0.3) is 0 Å². The molecule has 0 spiro atoms. The van der Waals surface area contributed by atoms with Crippen LogP contribution < -0.4 is 5.32 Å². The van der Waals surface area contributed by atoms with Crippen molar-refractivity contribution >= 4 is 11.8 Å². The highest BCUT2D eigenvalue weighted by Gasteiger charge is 2.34. The molecule has 1 N–H and O–H groups in total. The third-order valence-corrected chi connectivity index (χ3v) is 3.46. The van der Waals surface area contributed by atoms with E-state index in [4.69, 9.17) is 0 Å². The summed E-state index contributed by atoms with van der Waals surface area (Å²) in [5.74, 6) is -2.28. The second-order valence-electron chi connectivity index (χ2n) is 4.66. The molecule has 1 heterocycles. The lowest BCUT2D eigenvalue weighted by atomic mass is 10.1. The minimum absolute atomic E-state index is 0.0513. The molecule has 0 aromatic heterocycles. The zero-order valence-corrected chi connectivity index (χ0v) is 11.2. The van der Waals surface area contributed by atoms with Crippen LogP contribution in [-0.4, -0.2) is 29.3 Å². The number of nitrogens with zero attached hydrogens (tertiary/aromatic N) is 1. The van der Waals surface area contributed by atoms with E-state index in [1.165, 1.54) is 17.0 Å². The lowest BCUT2D eigenvalue weighted by molar-refractivity contribution is -0.135. The van der Waals surface area contributed by atoms with E-state index >= 15 is 0 Å². The molecular formula is C14H16F2N2O2. The zero-order chi connectivity index (χ0) is 14.7. The van der Waals surface area contributed by atoms with Crippen molar-refractivity contribution in [3.63, 3.8) is 0 Å². The topological polar surface area (TPSA) is 49.4 Å². The first kappa shape index (κ1) is 14.4. The number of carbonyl (C=O) groups excluding carboxylic acids is 2. The Morgan fingerprint density at radius 1 is 1.45 bits per heavy atom. The van der Waals surface area contributed by atoms with E-state index in [1.807, 2.05) is 0 Å². The maximum absolute atomic E-state index is 13.4. The van der Waals surface area contributed by atoms with Crippen LogP contribution in [0.1, 0.15) is 25.3 Å². The van der Waals surface area contributed by atoms with Crippen LogP contribution >= 0.6 is 0 Å². The number of carbonyl (C=O) groups is 2. The van der Waals surface area contributed by atoms with Crippen LogP contribution in [0.4, 0.5) is 8.78 Å². The Hall–Kier alpha value is -1.98. The molecule has 0 saturated carbocycles. The fraction of sp³-hybridized carbons (Fsp3) is 0.429. The van der Waals surface area contributed by atoms with E-state index in [-0.39, 0.29) is 23.9 Å². The van der Waals surface area contributed by atoms with Gasteiger partial charge in [-0.1, -0.05) is 12.1 Å². The minimum atomic E-state index is -0.956. The van der Waals surface area contributed by atoms with Gasteiger partial charge in [-0.05, 0) is 19.4 Å². The zero-order valence-electron chi connectivity index (χ0n) is 11.2. The van der Waals surface area contributed by atoms with Gasteiger partial charge in [0, 0.05) is 25.1 Å². The monoisotopic (exact) mass is 282 g/mol. The molecule has 0 radical (unpaired) electrons. The highest BCUT2D eigenvalue weighted by atomic mass is 19.2. The second kappa shape index (κ2) is 5.98. The average Bonchev–Trinajstić information content (AvgIpc) is 2.81. The van der Waals surface area contributed by atoms with Gasteiger partial charge in [0.2, 0.25) is 11.8 Å². The van der Waals surface area contributed by atoms with Crippen LogP contribution in [0.3, 0.4) is 0 Å². The van der Waals surface area contributed by atoms with Gasteiger partial charge in [-0.2, -0.15) is 0 Å². The van der Waals surface area contributed by atoms with Crippen molar-refractivity contribution in [2.24, 2.45) is 0 Å². The SMILES string of the molecule is CCN1C(=O)CC[C@H]1C(=O)NCc1cccc(F)c1F. The molecule has 0 unspecified atom stereocenters. The highest BCUT2D eigenvalue weighted by Crippen LogP contribution is 2.18. The van der Waals surface area contributed by atoms with Gasteiger partial charge in [-0.25, -0.2) is 8.78 Å². The smallest absolute Gasteiger partial charge is 0.243 e. The van der Waals surface area contributed by atoms with Crippen LogP contribution in [0.5, 0.6) is 0 Å². The van der Waals surface area contributed by atoms with Crippen molar-refractivity contribution in [1.82, 2.24) is 10.2 Å². The Morgan fingerprint density at radius 2 is 2.20 bits per heavy atom. The van der Waals surface area contributed by atoms with Crippen molar-refractivity contribution in [2.45, 2.75) is 32.4 Å². The number of rotatable bonds is 4. The number of likely N-dealkylation sites (tertiary alicyclic amines) is 1. The van der Waals surface area contributed by atoms with Gasteiger partial charge in [0.05, 0.1) is 0 Å². The predicted octanol–water partition coefficient (Wildman–Crippen LogP) is 1.59. The molecule has 108 valence electrons. The third-order valence-electron chi connectivity index (χ3n) is 3.46. The summed E-state index contributed by atoms with van der Waals surface area (Å²) in [4.78, 5) is 25.0. The molecule has 0 bridgehead atoms. The largest absolute Gasteiger partial charge is 0.350 e. The summed E-state index contributed by atoms with van der Waals surface area (Å²) in [5.41, 5.74) is 0.0886. The lowest BCUT2D eigenvalue weighted by Crippen LogP contribution is -2.44. The maximum atomic E-state index is 13.4. The molecule has 1 aromatic rings. The summed E-state index contributed by atoms with van der Waals surface area (Å²) in [6, 6.07) is 3.31. The summed E-state index contributed by atoms with van der Waals surface area (Å²) in [5, 5.41) is 2.55. The van der Waals surface area contributed by atoms with E-state index in [0.717, 1.165) is 6.07 Å². The molecule has 6 heteroatoms. The van der Waals surface area contributed by atoms with E-state index < -0.39 is 17.7 Å². The molecule has 1 atom stereocenters. The summed E-state index contributed by atoms with van der Waals surface area (Å²) < 4.78 is 26.5. The quantitative estimate of drug-likeness (QED) is 0.911. The van der Waals surface area contributed by atoms with Gasteiger partial charge in [-0.3, -0.25) is 9.59 Å². The van der Waals surface area contributed by atoms with E-state index in [0.29, 0.717) is 19.4 Å². The fourth-order valence-corrected chi connectivity index (χ4v) is 2.39. The summed E-state index contributed by atoms with van der Waals surface area (Å²) in [6.07, 6.45) is 0.810. The van der Waals surface area contributed by atoms with Crippen molar-refractivity contribution in [3.8, 4) is 0 Å². The van der Waals surface area contributed by atoms with Gasteiger partial charge in [0.25, 0.3) is 0 Å². The molecule has 0 aliphatic carbocycles. The van der Waals surface area contributed by atoms with Crippen molar-refractivity contribution in [2.75, 3.05) is 6.54 Å². The summed E-state index contributed by atoms with van der Waals surface area (Å²) >= 11 is 0. The molecule has 1 saturated heterocycles. The van der Waals surface area contributed by atoms with Crippen molar-refractivity contribution in [3.05, 3.63) is 35.4 Å². The molecular weight excluding hydrogens is 266 g/mol. The number of hydrogen-bond donors (Lipinski definition) is 1.